The van der Waals surface area contributed by atoms with Gasteiger partial charge in [0.1, 0.15) is 5.70 Å². The monoisotopic (exact) mass is 400 g/mol. The van der Waals surface area contributed by atoms with Crippen molar-refractivity contribution in [3.8, 4) is 0 Å². The average molecular weight is 400 g/mol. The molecule has 0 amide bonds. The number of rotatable bonds is 11. The molecule has 1 aromatic carbocycles. The van der Waals surface area contributed by atoms with Crippen molar-refractivity contribution in [2.24, 2.45) is 0 Å². The smallest absolute Gasteiger partial charge is 0.354 e. The van der Waals surface area contributed by atoms with Crippen LogP contribution in [0.4, 0.5) is 5.69 Å². The first-order valence-corrected chi connectivity index (χ1v) is 9.64. The van der Waals surface area contributed by atoms with Crippen LogP contribution in [0.25, 0.3) is 0 Å². The Hall–Kier alpha value is -2.43. The van der Waals surface area contributed by atoms with Crippen LogP contribution in [0.2, 0.25) is 0 Å². The van der Waals surface area contributed by atoms with Gasteiger partial charge in [-0.2, -0.15) is 0 Å². The summed E-state index contributed by atoms with van der Waals surface area (Å²) < 4.78 is 41.1. The van der Waals surface area contributed by atoms with E-state index in [2.05, 4.69) is 19.5 Å². The number of hydrogen-bond acceptors (Lipinski definition) is 8. The van der Waals surface area contributed by atoms with E-state index >= 15 is 0 Å². The van der Waals surface area contributed by atoms with Crippen LogP contribution in [-0.2, 0) is 33.8 Å². The van der Waals surface area contributed by atoms with Gasteiger partial charge in [-0.1, -0.05) is 0 Å². The number of sulfonamides is 1. The molecule has 0 bridgehead atoms. The van der Waals surface area contributed by atoms with Crippen LogP contribution in [0, 0.1) is 0 Å². The molecule has 0 heterocycles. The molecule has 9 nitrogen and oxygen atoms in total. The van der Waals surface area contributed by atoms with Crippen molar-refractivity contribution >= 4 is 27.6 Å². The summed E-state index contributed by atoms with van der Waals surface area (Å²) in [5.41, 5.74) is 0.250. The Morgan fingerprint density at radius 1 is 1.11 bits per heavy atom. The zero-order chi connectivity index (χ0) is 20.3. The highest BCUT2D eigenvalue weighted by Crippen LogP contribution is 2.16. The molecule has 0 aliphatic rings. The van der Waals surface area contributed by atoms with Gasteiger partial charge in [-0.15, -0.1) is 0 Å². The van der Waals surface area contributed by atoms with Crippen molar-refractivity contribution in [1.82, 2.24) is 4.72 Å². The quantitative estimate of drug-likeness (QED) is 0.321. The lowest BCUT2D eigenvalue weighted by molar-refractivity contribution is -0.138. The van der Waals surface area contributed by atoms with Gasteiger partial charge in [0, 0.05) is 25.4 Å². The molecule has 27 heavy (non-hydrogen) atoms. The van der Waals surface area contributed by atoms with Gasteiger partial charge in [-0.3, -0.25) is 0 Å². The van der Waals surface area contributed by atoms with Crippen molar-refractivity contribution in [3.63, 3.8) is 0 Å². The van der Waals surface area contributed by atoms with Gasteiger partial charge < -0.3 is 19.5 Å². The number of carbonyl (C=O) groups excluding carboxylic acids is 2. The Morgan fingerprint density at radius 2 is 1.78 bits per heavy atom. The molecule has 0 saturated heterocycles. The second-order valence-corrected chi connectivity index (χ2v) is 6.94. The molecule has 1 aromatic rings. The molecule has 0 unspecified atom stereocenters. The van der Waals surface area contributed by atoms with Crippen molar-refractivity contribution < 1.29 is 32.2 Å². The summed E-state index contributed by atoms with van der Waals surface area (Å²) >= 11 is 0. The predicted octanol–water partition coefficient (Wildman–Crippen LogP) is 1.03. The standard InChI is InChI=1S/C17H24N2O7S/c1-4-26-11-5-10-18-27(22,23)14-8-6-13(7-9-14)19-15(17(21)25-3)12-16(20)24-2/h6-9,12,18-19H,4-5,10-11H2,1-3H3/b15-12+. The third-order valence-corrected chi connectivity index (χ3v) is 4.75. The molecule has 0 atom stereocenters. The fraction of sp³-hybridized carbons (Fsp3) is 0.412. The molecule has 2 N–H and O–H groups in total. The van der Waals surface area contributed by atoms with Gasteiger partial charge in [0.15, 0.2) is 0 Å². The zero-order valence-electron chi connectivity index (χ0n) is 15.5. The lowest BCUT2D eigenvalue weighted by Gasteiger charge is -2.10. The average Bonchev–Trinajstić information content (AvgIpc) is 2.66. The van der Waals surface area contributed by atoms with Gasteiger partial charge in [0.05, 0.1) is 25.2 Å². The molecular weight excluding hydrogens is 376 g/mol. The third-order valence-electron chi connectivity index (χ3n) is 3.27. The fourth-order valence-electron chi connectivity index (χ4n) is 1.91. The molecule has 1 rings (SSSR count). The molecule has 0 spiro atoms. The summed E-state index contributed by atoms with van der Waals surface area (Å²) in [6.07, 6.45) is 1.50. The highest BCUT2D eigenvalue weighted by Gasteiger charge is 2.15. The van der Waals surface area contributed by atoms with Crippen LogP contribution in [0.3, 0.4) is 0 Å². The second-order valence-electron chi connectivity index (χ2n) is 5.17. The largest absolute Gasteiger partial charge is 0.466 e. The van der Waals surface area contributed by atoms with Crippen LogP contribution in [0.15, 0.2) is 40.9 Å². The lowest BCUT2D eigenvalue weighted by atomic mass is 10.3. The van der Waals surface area contributed by atoms with Crippen molar-refractivity contribution in [3.05, 3.63) is 36.0 Å². The minimum absolute atomic E-state index is 0.0704. The number of anilines is 1. The van der Waals surface area contributed by atoms with E-state index < -0.39 is 22.0 Å². The molecule has 0 fully saturated rings. The van der Waals surface area contributed by atoms with E-state index in [-0.39, 0.29) is 17.1 Å². The summed E-state index contributed by atoms with van der Waals surface area (Å²) in [5.74, 6) is -1.51. The summed E-state index contributed by atoms with van der Waals surface area (Å²) in [4.78, 5) is 23.1. The van der Waals surface area contributed by atoms with Gasteiger partial charge >= 0.3 is 11.9 Å². The fourth-order valence-corrected chi connectivity index (χ4v) is 2.99. The topological polar surface area (TPSA) is 120 Å². The number of esters is 2. The van der Waals surface area contributed by atoms with E-state index in [4.69, 9.17) is 4.74 Å². The maximum absolute atomic E-state index is 12.2. The van der Waals surface area contributed by atoms with Crippen molar-refractivity contribution in [2.75, 3.05) is 39.3 Å². The number of ether oxygens (including phenoxy) is 3. The lowest BCUT2D eigenvalue weighted by Crippen LogP contribution is -2.25. The Bertz CT molecular complexity index is 758. The molecule has 0 radical (unpaired) electrons. The molecule has 0 aromatic heterocycles. The van der Waals surface area contributed by atoms with Crippen LogP contribution >= 0.6 is 0 Å². The van der Waals surface area contributed by atoms with E-state index in [0.29, 0.717) is 25.3 Å². The molecule has 0 aliphatic heterocycles. The minimum atomic E-state index is -3.65. The molecule has 10 heteroatoms. The molecular formula is C17H24N2O7S. The number of methoxy groups -OCH3 is 2. The number of benzene rings is 1. The maximum atomic E-state index is 12.2. The molecule has 150 valence electrons. The molecule has 0 saturated carbocycles. The number of nitrogens with one attached hydrogen (secondary N) is 2. The number of hydrogen-bond donors (Lipinski definition) is 2. The van der Waals surface area contributed by atoms with E-state index in [9.17, 15) is 18.0 Å². The predicted molar refractivity (Wildman–Crippen MR) is 98.5 cm³/mol. The first kappa shape index (κ1) is 22.6. The van der Waals surface area contributed by atoms with Crippen molar-refractivity contribution in [1.29, 1.82) is 0 Å². The van der Waals surface area contributed by atoms with E-state index in [1.807, 2.05) is 6.92 Å². The minimum Gasteiger partial charge on any atom is -0.466 e. The Balaban J connectivity index is 2.80. The Labute approximate surface area is 158 Å². The van der Waals surface area contributed by atoms with Crippen LogP contribution < -0.4 is 10.0 Å². The summed E-state index contributed by atoms with van der Waals surface area (Å²) in [5, 5.41) is 2.69. The summed E-state index contributed by atoms with van der Waals surface area (Å²) in [6.45, 7) is 3.19. The molecule has 0 aliphatic carbocycles. The number of carbonyl (C=O) groups is 2. The van der Waals surface area contributed by atoms with Gasteiger partial charge in [0.25, 0.3) is 0 Å². The zero-order valence-corrected chi connectivity index (χ0v) is 16.3. The summed E-state index contributed by atoms with van der Waals surface area (Å²) in [7, 11) is -1.31. The van der Waals surface area contributed by atoms with Gasteiger partial charge in [-0.25, -0.2) is 22.7 Å². The second kappa shape index (κ2) is 11.3. The van der Waals surface area contributed by atoms with E-state index in [0.717, 1.165) is 6.08 Å². The normalized spacial score (nSPS) is 11.7. The summed E-state index contributed by atoms with van der Waals surface area (Å²) in [6, 6.07) is 5.67. The van der Waals surface area contributed by atoms with Crippen LogP contribution in [-0.4, -0.2) is 54.3 Å². The first-order valence-electron chi connectivity index (χ1n) is 8.16. The SMILES string of the molecule is CCOCCCNS(=O)(=O)c1ccc(N/C(=C/C(=O)OC)C(=O)OC)cc1. The highest BCUT2D eigenvalue weighted by atomic mass is 32.2. The van der Waals surface area contributed by atoms with Gasteiger partial charge in [0.2, 0.25) is 10.0 Å². The highest BCUT2D eigenvalue weighted by molar-refractivity contribution is 7.89. The van der Waals surface area contributed by atoms with E-state index in [1.54, 1.807) is 0 Å². The Kier molecular flexibility index (Phi) is 9.48. The van der Waals surface area contributed by atoms with E-state index in [1.165, 1.54) is 38.5 Å². The Morgan fingerprint density at radius 3 is 2.33 bits per heavy atom. The third kappa shape index (κ3) is 7.77. The first-order chi connectivity index (χ1) is 12.8. The van der Waals surface area contributed by atoms with Gasteiger partial charge in [-0.05, 0) is 37.6 Å². The van der Waals surface area contributed by atoms with Crippen LogP contribution in [0.5, 0.6) is 0 Å². The van der Waals surface area contributed by atoms with Crippen LogP contribution in [0.1, 0.15) is 13.3 Å². The van der Waals surface area contributed by atoms with Crippen molar-refractivity contribution in [2.45, 2.75) is 18.2 Å². The maximum Gasteiger partial charge on any atom is 0.354 e.